The van der Waals surface area contributed by atoms with Crippen LogP contribution in [-0.4, -0.2) is 24.4 Å². The van der Waals surface area contributed by atoms with Crippen molar-refractivity contribution in [2.75, 3.05) is 7.11 Å². The van der Waals surface area contributed by atoms with E-state index in [0.29, 0.717) is 22.9 Å². The Balaban J connectivity index is 1.58. The fourth-order valence-corrected chi connectivity index (χ4v) is 8.27. The van der Waals surface area contributed by atoms with Gasteiger partial charge in [-0.15, -0.1) is 0 Å². The molecular weight excluding hydrogens is 296 g/mol. The Morgan fingerprint density at radius 2 is 1.62 bits per heavy atom. The Bertz CT molecular complexity index is 475. The molecule has 4 saturated carbocycles. The zero-order valence-corrected chi connectivity index (χ0v) is 16.3. The second-order valence-corrected chi connectivity index (χ2v) is 10.3. The lowest BCUT2D eigenvalue weighted by Gasteiger charge is -2.61. The topological polar surface area (TPSA) is 29.5 Å². The second-order valence-electron chi connectivity index (χ2n) is 10.3. The maximum absolute atomic E-state index is 10.3. The summed E-state index contributed by atoms with van der Waals surface area (Å²) in [5.41, 5.74) is 0.963. The van der Waals surface area contributed by atoms with E-state index in [0.717, 1.165) is 23.7 Å². The molecule has 0 heterocycles. The van der Waals surface area contributed by atoms with E-state index in [2.05, 4.69) is 13.8 Å². The van der Waals surface area contributed by atoms with Gasteiger partial charge in [0.1, 0.15) is 0 Å². The first-order chi connectivity index (χ1) is 11.4. The zero-order chi connectivity index (χ0) is 17.1. The predicted octanol–water partition coefficient (Wildman–Crippen LogP) is 5.04. The molecule has 2 nitrogen and oxygen atoms in total. The van der Waals surface area contributed by atoms with Crippen molar-refractivity contribution in [1.29, 1.82) is 0 Å². The smallest absolute Gasteiger partial charge is 0.0574 e. The molecule has 0 spiro atoms. The molecule has 0 bridgehead atoms. The summed E-state index contributed by atoms with van der Waals surface area (Å²) < 4.78 is 5.72. The largest absolute Gasteiger partial charge is 0.393 e. The number of rotatable bonds is 2. The molecule has 5 unspecified atom stereocenters. The van der Waals surface area contributed by atoms with Crippen LogP contribution in [0.15, 0.2) is 0 Å². The second kappa shape index (κ2) is 5.98. The van der Waals surface area contributed by atoms with Gasteiger partial charge in [0.15, 0.2) is 0 Å². The molecule has 0 saturated heterocycles. The van der Waals surface area contributed by atoms with E-state index in [1.54, 1.807) is 0 Å². The maximum Gasteiger partial charge on any atom is 0.0574 e. The third kappa shape index (κ3) is 2.35. The van der Waals surface area contributed by atoms with E-state index >= 15 is 0 Å². The third-order valence-electron chi connectivity index (χ3n) is 9.61. The lowest BCUT2D eigenvalue weighted by molar-refractivity contribution is -0.135. The highest BCUT2D eigenvalue weighted by Crippen LogP contribution is 2.67. The molecule has 4 fully saturated rings. The van der Waals surface area contributed by atoms with E-state index in [-0.39, 0.29) is 6.10 Å². The number of aliphatic hydroxyl groups excluding tert-OH is 1. The van der Waals surface area contributed by atoms with Gasteiger partial charge in [-0.25, -0.2) is 0 Å². The fraction of sp³-hybridized carbons (Fsp3) is 1.00. The molecule has 9 atom stereocenters. The maximum atomic E-state index is 10.3. The number of hydrogen-bond donors (Lipinski definition) is 1. The predicted molar refractivity (Wildman–Crippen MR) is 97.7 cm³/mol. The Morgan fingerprint density at radius 1 is 0.917 bits per heavy atom. The van der Waals surface area contributed by atoms with Crippen molar-refractivity contribution < 1.29 is 9.84 Å². The number of ether oxygens (including phenoxy) is 1. The monoisotopic (exact) mass is 334 g/mol. The van der Waals surface area contributed by atoms with Gasteiger partial charge in [0.05, 0.1) is 12.2 Å². The van der Waals surface area contributed by atoms with Crippen LogP contribution in [0.2, 0.25) is 0 Å². The summed E-state index contributed by atoms with van der Waals surface area (Å²) in [4.78, 5) is 0. The Kier molecular flexibility index (Phi) is 4.32. The van der Waals surface area contributed by atoms with Crippen LogP contribution in [0.25, 0.3) is 0 Å². The minimum atomic E-state index is -0.124. The van der Waals surface area contributed by atoms with Gasteiger partial charge in [0.2, 0.25) is 0 Å². The van der Waals surface area contributed by atoms with Crippen molar-refractivity contribution in [1.82, 2.24) is 0 Å². The van der Waals surface area contributed by atoms with Gasteiger partial charge in [-0.05, 0) is 105 Å². The van der Waals surface area contributed by atoms with Crippen LogP contribution in [0.5, 0.6) is 0 Å². The Labute approximate surface area is 148 Å². The van der Waals surface area contributed by atoms with Gasteiger partial charge in [-0.2, -0.15) is 0 Å². The minimum absolute atomic E-state index is 0.124. The average molecular weight is 335 g/mol. The highest BCUT2D eigenvalue weighted by molar-refractivity contribution is 5.09. The molecule has 0 aromatic rings. The van der Waals surface area contributed by atoms with Crippen LogP contribution in [0.1, 0.15) is 78.6 Å². The summed E-state index contributed by atoms with van der Waals surface area (Å²) in [6.45, 7) is 7.19. The number of hydrogen-bond acceptors (Lipinski definition) is 2. The highest BCUT2D eigenvalue weighted by Gasteiger charge is 2.60. The summed E-state index contributed by atoms with van der Waals surface area (Å²) in [7, 11) is 1.90. The minimum Gasteiger partial charge on any atom is -0.393 e. The summed E-state index contributed by atoms with van der Waals surface area (Å²) in [5, 5.41) is 10.3. The first kappa shape index (κ1) is 17.3. The van der Waals surface area contributed by atoms with Crippen LogP contribution < -0.4 is 0 Å². The molecule has 0 aromatic carbocycles. The van der Waals surface area contributed by atoms with Crippen LogP contribution in [0.3, 0.4) is 0 Å². The van der Waals surface area contributed by atoms with Crippen molar-refractivity contribution in [3.63, 3.8) is 0 Å². The molecule has 138 valence electrons. The van der Waals surface area contributed by atoms with Crippen LogP contribution in [-0.2, 0) is 4.74 Å². The summed E-state index contributed by atoms with van der Waals surface area (Å²) in [6, 6.07) is 0. The summed E-state index contributed by atoms with van der Waals surface area (Å²) in [6.07, 6.45) is 12.6. The first-order valence-corrected chi connectivity index (χ1v) is 10.6. The summed E-state index contributed by atoms with van der Waals surface area (Å²) >= 11 is 0. The van der Waals surface area contributed by atoms with Gasteiger partial charge in [-0.3, -0.25) is 0 Å². The molecule has 4 rings (SSSR count). The SMILES string of the molecule is CO[C@H]1CCC2(C)C3CCC4(C)C(CC[C@@H]4[C@H](C)O)C3CC[C@H]2C1. The van der Waals surface area contributed by atoms with Crippen molar-refractivity contribution >= 4 is 0 Å². The summed E-state index contributed by atoms with van der Waals surface area (Å²) in [5.74, 6) is 4.15. The van der Waals surface area contributed by atoms with Crippen molar-refractivity contribution in [3.8, 4) is 0 Å². The number of aliphatic hydroxyl groups is 1. The van der Waals surface area contributed by atoms with Crippen LogP contribution in [0, 0.1) is 40.4 Å². The van der Waals surface area contributed by atoms with Crippen molar-refractivity contribution in [2.45, 2.75) is 90.8 Å². The molecule has 1 N–H and O–H groups in total. The normalized spacial score (nSPS) is 55.4. The van der Waals surface area contributed by atoms with E-state index < -0.39 is 0 Å². The van der Waals surface area contributed by atoms with Crippen LogP contribution in [0.4, 0.5) is 0 Å². The standard InChI is InChI=1S/C22H38O2/c1-14(23)18-7-8-19-17-6-5-15-13-16(24-4)9-11-21(15,2)20(17)10-12-22(18,19)3/h14-20,23H,5-13H2,1-4H3/t14-,15-,16-,17?,18+,19?,20?,21?,22?/m0/s1. The van der Waals surface area contributed by atoms with Crippen LogP contribution >= 0.6 is 0 Å². The van der Waals surface area contributed by atoms with E-state index in [9.17, 15) is 5.11 Å². The molecule has 0 aliphatic heterocycles. The molecule has 0 aromatic heterocycles. The third-order valence-corrected chi connectivity index (χ3v) is 9.61. The lowest BCUT2D eigenvalue weighted by atomic mass is 9.44. The van der Waals surface area contributed by atoms with E-state index in [4.69, 9.17) is 4.74 Å². The number of fused-ring (bicyclic) bond motifs is 5. The Morgan fingerprint density at radius 3 is 2.33 bits per heavy atom. The number of methoxy groups -OCH3 is 1. The molecule has 0 radical (unpaired) electrons. The van der Waals surface area contributed by atoms with Gasteiger partial charge in [0.25, 0.3) is 0 Å². The highest BCUT2D eigenvalue weighted by atomic mass is 16.5. The Hall–Kier alpha value is -0.0800. The first-order valence-electron chi connectivity index (χ1n) is 10.6. The van der Waals surface area contributed by atoms with E-state index in [1.807, 2.05) is 14.0 Å². The van der Waals surface area contributed by atoms with Gasteiger partial charge >= 0.3 is 0 Å². The van der Waals surface area contributed by atoms with Gasteiger partial charge in [0, 0.05) is 7.11 Å². The van der Waals surface area contributed by atoms with Crippen molar-refractivity contribution in [2.24, 2.45) is 40.4 Å². The molecule has 2 heteroatoms. The lowest BCUT2D eigenvalue weighted by Crippen LogP contribution is -2.54. The molecule has 4 aliphatic rings. The van der Waals surface area contributed by atoms with E-state index in [1.165, 1.54) is 57.8 Å². The quantitative estimate of drug-likeness (QED) is 0.766. The van der Waals surface area contributed by atoms with Crippen molar-refractivity contribution in [3.05, 3.63) is 0 Å². The zero-order valence-electron chi connectivity index (χ0n) is 16.3. The molecule has 0 amide bonds. The molecule has 24 heavy (non-hydrogen) atoms. The fourth-order valence-electron chi connectivity index (χ4n) is 8.27. The molecule has 4 aliphatic carbocycles. The van der Waals surface area contributed by atoms with Gasteiger partial charge < -0.3 is 9.84 Å². The van der Waals surface area contributed by atoms with Gasteiger partial charge in [-0.1, -0.05) is 13.8 Å². The molecular formula is C22H38O2. The average Bonchev–Trinajstić information content (AvgIpc) is 2.91.